The summed E-state index contributed by atoms with van der Waals surface area (Å²) < 4.78 is 11.4. The van der Waals surface area contributed by atoms with Crippen LogP contribution in [0.5, 0.6) is 11.6 Å². The van der Waals surface area contributed by atoms with Crippen LogP contribution in [0.2, 0.25) is 0 Å². The monoisotopic (exact) mass is 256 g/mol. The second-order valence-corrected chi connectivity index (χ2v) is 4.21. The van der Waals surface area contributed by atoms with E-state index in [2.05, 4.69) is 4.98 Å². The quantitative estimate of drug-likeness (QED) is 0.887. The number of fused-ring (bicyclic) bond motifs is 1. The highest BCUT2D eigenvalue weighted by Crippen LogP contribution is 2.33. The van der Waals surface area contributed by atoms with Crippen molar-refractivity contribution in [3.8, 4) is 11.6 Å². The molecule has 19 heavy (non-hydrogen) atoms. The molecule has 1 amide bonds. The van der Waals surface area contributed by atoms with Crippen molar-refractivity contribution in [2.24, 2.45) is 5.73 Å². The number of nitrogens with two attached hydrogens (primary N) is 1. The third kappa shape index (κ3) is 2.22. The van der Waals surface area contributed by atoms with Crippen LogP contribution in [0.3, 0.4) is 0 Å². The smallest absolute Gasteiger partial charge is 0.257 e. The van der Waals surface area contributed by atoms with E-state index in [-0.39, 0.29) is 6.10 Å². The molecule has 0 spiro atoms. The molecule has 0 fully saturated rings. The first-order valence-corrected chi connectivity index (χ1v) is 5.88. The number of amides is 1. The standard InChI is InChI=1S/C14H12N2O3/c15-13(17)10-5-3-9(4-6-10)12-8-18-11-2-1-7-16-14(11)19-12/h1-7,12H,8H2,(H2,15,17)/t12-/m1/s1. The van der Waals surface area contributed by atoms with E-state index in [9.17, 15) is 4.79 Å². The summed E-state index contributed by atoms with van der Waals surface area (Å²) in [6, 6.07) is 10.6. The topological polar surface area (TPSA) is 74.4 Å². The molecule has 0 radical (unpaired) electrons. The van der Waals surface area contributed by atoms with Crippen LogP contribution in [0.1, 0.15) is 22.0 Å². The molecule has 0 saturated heterocycles. The summed E-state index contributed by atoms with van der Waals surface area (Å²) in [5.74, 6) is 0.685. The van der Waals surface area contributed by atoms with E-state index < -0.39 is 5.91 Å². The van der Waals surface area contributed by atoms with E-state index in [0.717, 1.165) is 5.56 Å². The summed E-state index contributed by atoms with van der Waals surface area (Å²) >= 11 is 0. The van der Waals surface area contributed by atoms with Crippen molar-refractivity contribution in [3.63, 3.8) is 0 Å². The third-order valence-corrected chi connectivity index (χ3v) is 2.95. The lowest BCUT2D eigenvalue weighted by molar-refractivity contribution is 0.0850. The fourth-order valence-electron chi connectivity index (χ4n) is 1.93. The summed E-state index contributed by atoms with van der Waals surface area (Å²) in [7, 11) is 0. The lowest BCUT2D eigenvalue weighted by Crippen LogP contribution is -2.22. The van der Waals surface area contributed by atoms with Crippen LogP contribution in [0.15, 0.2) is 42.6 Å². The van der Waals surface area contributed by atoms with Crippen LogP contribution in [-0.2, 0) is 0 Å². The molecule has 0 saturated carbocycles. The second kappa shape index (κ2) is 4.61. The van der Waals surface area contributed by atoms with Crippen LogP contribution < -0.4 is 15.2 Å². The van der Waals surface area contributed by atoms with Crippen molar-refractivity contribution in [2.45, 2.75) is 6.10 Å². The predicted molar refractivity (Wildman–Crippen MR) is 68.1 cm³/mol. The lowest BCUT2D eigenvalue weighted by atomic mass is 10.1. The normalized spacial score (nSPS) is 16.9. The summed E-state index contributed by atoms with van der Waals surface area (Å²) in [6.45, 7) is 0.411. The Bertz CT molecular complexity index is 610. The minimum Gasteiger partial charge on any atom is -0.484 e. The molecule has 2 N–H and O–H groups in total. The van der Waals surface area contributed by atoms with E-state index in [1.165, 1.54) is 0 Å². The largest absolute Gasteiger partial charge is 0.484 e. The van der Waals surface area contributed by atoms with E-state index in [1.807, 2.05) is 18.2 Å². The number of hydrogen-bond acceptors (Lipinski definition) is 4. The fraction of sp³-hybridized carbons (Fsp3) is 0.143. The first-order valence-electron chi connectivity index (χ1n) is 5.88. The summed E-state index contributed by atoms with van der Waals surface area (Å²) in [6.07, 6.45) is 1.42. The van der Waals surface area contributed by atoms with Crippen LogP contribution in [0, 0.1) is 0 Å². The first kappa shape index (κ1) is 11.5. The Labute approximate surface area is 110 Å². The molecule has 0 aliphatic carbocycles. The van der Waals surface area contributed by atoms with E-state index in [1.54, 1.807) is 24.4 Å². The Morgan fingerprint density at radius 2 is 2.05 bits per heavy atom. The second-order valence-electron chi connectivity index (χ2n) is 4.21. The number of hydrogen-bond donors (Lipinski definition) is 1. The maximum atomic E-state index is 11.0. The molecule has 5 nitrogen and oxygen atoms in total. The zero-order chi connectivity index (χ0) is 13.2. The molecule has 1 aliphatic heterocycles. The average molecular weight is 256 g/mol. The molecule has 2 aromatic rings. The number of nitrogens with zero attached hydrogens (tertiary/aromatic N) is 1. The molecule has 1 aromatic carbocycles. The highest BCUT2D eigenvalue weighted by molar-refractivity contribution is 5.92. The van der Waals surface area contributed by atoms with Gasteiger partial charge in [0.15, 0.2) is 11.9 Å². The Balaban J connectivity index is 1.83. The van der Waals surface area contributed by atoms with Gasteiger partial charge >= 0.3 is 0 Å². The molecule has 1 aliphatic rings. The molecular weight excluding hydrogens is 244 g/mol. The SMILES string of the molecule is NC(=O)c1ccc([C@H]2COc3cccnc3O2)cc1. The van der Waals surface area contributed by atoms with Gasteiger partial charge in [-0.1, -0.05) is 12.1 Å². The number of aromatic nitrogens is 1. The van der Waals surface area contributed by atoms with Gasteiger partial charge in [-0.15, -0.1) is 0 Å². The summed E-state index contributed by atoms with van der Waals surface area (Å²) in [5.41, 5.74) is 6.59. The number of pyridine rings is 1. The Kier molecular flexibility index (Phi) is 2.79. The predicted octanol–water partition coefficient (Wildman–Crippen LogP) is 1.69. The van der Waals surface area contributed by atoms with Crippen molar-refractivity contribution in [1.29, 1.82) is 0 Å². The third-order valence-electron chi connectivity index (χ3n) is 2.95. The molecule has 3 rings (SSSR count). The van der Waals surface area contributed by atoms with Crippen LogP contribution in [-0.4, -0.2) is 17.5 Å². The van der Waals surface area contributed by atoms with Crippen molar-refractivity contribution in [1.82, 2.24) is 4.98 Å². The van der Waals surface area contributed by atoms with E-state index in [4.69, 9.17) is 15.2 Å². The number of carbonyl (C=O) groups is 1. The van der Waals surface area contributed by atoms with Gasteiger partial charge in [0.2, 0.25) is 5.91 Å². The Morgan fingerprint density at radius 1 is 1.26 bits per heavy atom. The van der Waals surface area contributed by atoms with Gasteiger partial charge in [-0.05, 0) is 29.8 Å². The molecular formula is C14H12N2O3. The maximum Gasteiger partial charge on any atom is 0.257 e. The number of primary amides is 1. The number of ether oxygens (including phenoxy) is 2. The van der Waals surface area contributed by atoms with E-state index >= 15 is 0 Å². The Morgan fingerprint density at radius 3 is 2.79 bits per heavy atom. The molecule has 0 bridgehead atoms. The van der Waals surface area contributed by atoms with Crippen molar-refractivity contribution in [3.05, 3.63) is 53.7 Å². The van der Waals surface area contributed by atoms with Crippen molar-refractivity contribution in [2.75, 3.05) is 6.61 Å². The average Bonchev–Trinajstić information content (AvgIpc) is 2.47. The van der Waals surface area contributed by atoms with Gasteiger partial charge in [-0.25, -0.2) is 4.98 Å². The van der Waals surface area contributed by atoms with Gasteiger partial charge in [-0.3, -0.25) is 4.79 Å². The lowest BCUT2D eigenvalue weighted by Gasteiger charge is -2.25. The number of rotatable bonds is 2. The highest BCUT2D eigenvalue weighted by atomic mass is 16.6. The van der Waals surface area contributed by atoms with Gasteiger partial charge in [-0.2, -0.15) is 0 Å². The zero-order valence-corrected chi connectivity index (χ0v) is 10.1. The van der Waals surface area contributed by atoms with Crippen molar-refractivity contribution >= 4 is 5.91 Å². The number of benzene rings is 1. The molecule has 0 unspecified atom stereocenters. The molecule has 1 atom stereocenters. The van der Waals surface area contributed by atoms with Crippen LogP contribution in [0.25, 0.3) is 0 Å². The fourth-order valence-corrected chi connectivity index (χ4v) is 1.93. The van der Waals surface area contributed by atoms with Gasteiger partial charge in [0.1, 0.15) is 6.61 Å². The summed E-state index contributed by atoms with van der Waals surface area (Å²) in [4.78, 5) is 15.1. The minimum absolute atomic E-state index is 0.232. The number of carbonyl (C=O) groups excluding carboxylic acids is 1. The van der Waals surface area contributed by atoms with Gasteiger partial charge in [0, 0.05) is 11.8 Å². The molecule has 96 valence electrons. The first-order chi connectivity index (χ1) is 9.24. The van der Waals surface area contributed by atoms with Gasteiger partial charge in [0.25, 0.3) is 5.88 Å². The van der Waals surface area contributed by atoms with Crippen LogP contribution >= 0.6 is 0 Å². The van der Waals surface area contributed by atoms with Crippen molar-refractivity contribution < 1.29 is 14.3 Å². The molecule has 1 aromatic heterocycles. The van der Waals surface area contributed by atoms with E-state index in [0.29, 0.717) is 23.8 Å². The minimum atomic E-state index is -0.445. The highest BCUT2D eigenvalue weighted by Gasteiger charge is 2.23. The van der Waals surface area contributed by atoms with Gasteiger partial charge < -0.3 is 15.2 Å². The molecule has 2 heterocycles. The Hall–Kier alpha value is -2.56. The van der Waals surface area contributed by atoms with Crippen LogP contribution in [0.4, 0.5) is 0 Å². The molecule has 5 heteroatoms. The van der Waals surface area contributed by atoms with Gasteiger partial charge in [0.05, 0.1) is 0 Å². The summed E-state index contributed by atoms with van der Waals surface area (Å²) in [5, 5.41) is 0. The maximum absolute atomic E-state index is 11.0. The zero-order valence-electron chi connectivity index (χ0n) is 10.1.